The van der Waals surface area contributed by atoms with Gasteiger partial charge in [-0.3, -0.25) is 0 Å². The van der Waals surface area contributed by atoms with E-state index in [2.05, 4.69) is 0 Å². The summed E-state index contributed by atoms with van der Waals surface area (Å²) in [5.74, 6) is 1.40. The van der Waals surface area contributed by atoms with E-state index in [1.54, 1.807) is 25.3 Å². The van der Waals surface area contributed by atoms with Crippen molar-refractivity contribution in [1.29, 1.82) is 0 Å². The van der Waals surface area contributed by atoms with Crippen LogP contribution in [0, 0.1) is 0 Å². The topological polar surface area (TPSA) is 47.9 Å². The third kappa shape index (κ3) is 1.66. The van der Waals surface area contributed by atoms with Crippen molar-refractivity contribution in [2.24, 2.45) is 0 Å². The average Bonchev–Trinajstić information content (AvgIpc) is 2.64. The second-order valence-corrected chi connectivity index (χ2v) is 3.08. The zero-order valence-electron chi connectivity index (χ0n) is 7.90. The van der Waals surface area contributed by atoms with Crippen molar-refractivity contribution < 1.29 is 19.3 Å². The molecule has 1 aromatic carbocycles. The van der Waals surface area contributed by atoms with Crippen LogP contribution in [0.2, 0.25) is 0 Å². The standard InChI is InChI=1S/C10H12O4/c1-12-5-8(11)7-2-3-9-10(4-7)14-6-13-9/h2-4,8,11H,5-6H2,1H3. The molecule has 2 rings (SSSR count). The first-order valence-corrected chi connectivity index (χ1v) is 4.38. The summed E-state index contributed by atoms with van der Waals surface area (Å²) in [4.78, 5) is 0. The smallest absolute Gasteiger partial charge is 0.231 e. The SMILES string of the molecule is COCC(O)c1ccc2c(c1)OCO2. The van der Waals surface area contributed by atoms with Gasteiger partial charge in [0.2, 0.25) is 6.79 Å². The maximum Gasteiger partial charge on any atom is 0.231 e. The molecule has 1 aromatic rings. The molecule has 1 atom stereocenters. The largest absolute Gasteiger partial charge is 0.454 e. The van der Waals surface area contributed by atoms with E-state index in [0.717, 1.165) is 11.3 Å². The number of aliphatic hydroxyl groups excluding tert-OH is 1. The van der Waals surface area contributed by atoms with E-state index < -0.39 is 6.10 Å². The molecule has 0 radical (unpaired) electrons. The first-order valence-electron chi connectivity index (χ1n) is 4.38. The highest BCUT2D eigenvalue weighted by molar-refractivity contribution is 5.45. The number of hydrogen-bond acceptors (Lipinski definition) is 4. The zero-order chi connectivity index (χ0) is 9.97. The molecule has 0 saturated heterocycles. The quantitative estimate of drug-likeness (QED) is 0.786. The predicted molar refractivity (Wildman–Crippen MR) is 49.4 cm³/mol. The monoisotopic (exact) mass is 196 g/mol. The molecule has 0 aromatic heterocycles. The van der Waals surface area contributed by atoms with Crippen LogP contribution in [0.3, 0.4) is 0 Å². The molecule has 1 unspecified atom stereocenters. The molecule has 1 N–H and O–H groups in total. The van der Waals surface area contributed by atoms with Crippen LogP contribution in [0.5, 0.6) is 11.5 Å². The van der Waals surface area contributed by atoms with Crippen molar-refractivity contribution in [2.75, 3.05) is 20.5 Å². The van der Waals surface area contributed by atoms with Crippen molar-refractivity contribution in [3.63, 3.8) is 0 Å². The summed E-state index contributed by atoms with van der Waals surface area (Å²) in [6.07, 6.45) is -0.616. The Balaban J connectivity index is 2.19. The summed E-state index contributed by atoms with van der Waals surface area (Å²) in [6.45, 7) is 0.527. The molecule has 1 aliphatic rings. The van der Waals surface area contributed by atoms with Gasteiger partial charge >= 0.3 is 0 Å². The maximum absolute atomic E-state index is 9.63. The highest BCUT2D eigenvalue weighted by Crippen LogP contribution is 2.34. The van der Waals surface area contributed by atoms with Gasteiger partial charge in [0, 0.05) is 7.11 Å². The number of rotatable bonds is 3. The van der Waals surface area contributed by atoms with Gasteiger partial charge in [-0.15, -0.1) is 0 Å². The van der Waals surface area contributed by atoms with E-state index in [-0.39, 0.29) is 13.4 Å². The molecule has 4 nitrogen and oxygen atoms in total. The molecule has 1 aliphatic heterocycles. The first kappa shape index (κ1) is 9.30. The molecule has 0 fully saturated rings. The fourth-order valence-electron chi connectivity index (χ4n) is 1.37. The Morgan fingerprint density at radius 1 is 1.43 bits per heavy atom. The van der Waals surface area contributed by atoms with Gasteiger partial charge < -0.3 is 19.3 Å². The highest BCUT2D eigenvalue weighted by atomic mass is 16.7. The second kappa shape index (κ2) is 3.86. The van der Waals surface area contributed by atoms with Crippen molar-refractivity contribution in [2.45, 2.75) is 6.10 Å². The number of methoxy groups -OCH3 is 1. The van der Waals surface area contributed by atoms with Crippen molar-refractivity contribution in [3.8, 4) is 11.5 Å². The summed E-state index contributed by atoms with van der Waals surface area (Å²) >= 11 is 0. The van der Waals surface area contributed by atoms with E-state index in [1.165, 1.54) is 0 Å². The predicted octanol–water partition coefficient (Wildman–Crippen LogP) is 1.10. The Kier molecular flexibility index (Phi) is 2.56. The Morgan fingerprint density at radius 2 is 2.21 bits per heavy atom. The molecule has 1 heterocycles. The van der Waals surface area contributed by atoms with Gasteiger partial charge in [0.15, 0.2) is 11.5 Å². The minimum Gasteiger partial charge on any atom is -0.454 e. The molecule has 0 spiro atoms. The third-order valence-electron chi connectivity index (χ3n) is 2.11. The third-order valence-corrected chi connectivity index (χ3v) is 2.11. The van der Waals surface area contributed by atoms with Gasteiger partial charge in [0.05, 0.1) is 6.61 Å². The van der Waals surface area contributed by atoms with Gasteiger partial charge in [-0.25, -0.2) is 0 Å². The van der Waals surface area contributed by atoms with E-state index >= 15 is 0 Å². The molecule has 0 bridgehead atoms. The van der Waals surface area contributed by atoms with Crippen LogP contribution in [-0.4, -0.2) is 25.6 Å². The van der Waals surface area contributed by atoms with E-state index in [0.29, 0.717) is 5.75 Å². The Hall–Kier alpha value is -1.26. The lowest BCUT2D eigenvalue weighted by atomic mass is 10.1. The van der Waals surface area contributed by atoms with Crippen molar-refractivity contribution in [3.05, 3.63) is 23.8 Å². The minimum absolute atomic E-state index is 0.249. The molecular weight excluding hydrogens is 184 g/mol. The Bertz CT molecular complexity index is 324. The van der Waals surface area contributed by atoms with E-state index in [1.807, 2.05) is 0 Å². The van der Waals surface area contributed by atoms with Crippen molar-refractivity contribution >= 4 is 0 Å². The first-order chi connectivity index (χ1) is 6.81. The maximum atomic E-state index is 9.63. The molecular formula is C10H12O4. The van der Waals surface area contributed by atoms with E-state index in [9.17, 15) is 5.11 Å². The molecule has 4 heteroatoms. The minimum atomic E-state index is -0.616. The second-order valence-electron chi connectivity index (χ2n) is 3.08. The number of ether oxygens (including phenoxy) is 3. The summed E-state index contributed by atoms with van der Waals surface area (Å²) in [7, 11) is 1.55. The molecule has 14 heavy (non-hydrogen) atoms. The summed E-state index contributed by atoms with van der Waals surface area (Å²) in [5.41, 5.74) is 0.774. The van der Waals surface area contributed by atoms with E-state index in [4.69, 9.17) is 14.2 Å². The van der Waals surface area contributed by atoms with Crippen LogP contribution in [-0.2, 0) is 4.74 Å². The highest BCUT2D eigenvalue weighted by Gasteiger charge is 2.16. The average molecular weight is 196 g/mol. The zero-order valence-corrected chi connectivity index (χ0v) is 7.90. The Labute approximate surface area is 82.0 Å². The van der Waals surface area contributed by atoms with Crippen LogP contribution in [0.4, 0.5) is 0 Å². The summed E-state index contributed by atoms with van der Waals surface area (Å²) in [6, 6.07) is 5.36. The van der Waals surface area contributed by atoms with Gasteiger partial charge in [-0.1, -0.05) is 6.07 Å². The number of aliphatic hydroxyl groups is 1. The van der Waals surface area contributed by atoms with Crippen molar-refractivity contribution in [1.82, 2.24) is 0 Å². The van der Waals surface area contributed by atoms with Crippen LogP contribution in [0.15, 0.2) is 18.2 Å². The molecule has 76 valence electrons. The van der Waals surface area contributed by atoms with Gasteiger partial charge in [0.25, 0.3) is 0 Å². The number of benzene rings is 1. The van der Waals surface area contributed by atoms with Gasteiger partial charge in [-0.2, -0.15) is 0 Å². The van der Waals surface area contributed by atoms with Crippen LogP contribution >= 0.6 is 0 Å². The molecule has 0 saturated carbocycles. The van der Waals surface area contributed by atoms with Crippen LogP contribution in [0.1, 0.15) is 11.7 Å². The van der Waals surface area contributed by atoms with Gasteiger partial charge in [-0.05, 0) is 17.7 Å². The molecule has 0 aliphatic carbocycles. The van der Waals surface area contributed by atoms with Crippen LogP contribution < -0.4 is 9.47 Å². The summed E-state index contributed by atoms with van der Waals surface area (Å²) < 4.78 is 15.2. The lowest BCUT2D eigenvalue weighted by Crippen LogP contribution is -2.04. The lowest BCUT2D eigenvalue weighted by molar-refractivity contribution is 0.0643. The fourth-order valence-corrected chi connectivity index (χ4v) is 1.37. The number of fused-ring (bicyclic) bond motifs is 1. The van der Waals surface area contributed by atoms with Gasteiger partial charge in [0.1, 0.15) is 6.10 Å². The lowest BCUT2D eigenvalue weighted by Gasteiger charge is -2.09. The summed E-state index contributed by atoms with van der Waals surface area (Å²) in [5, 5.41) is 9.63. The number of hydrogen-bond donors (Lipinski definition) is 1. The Morgan fingerprint density at radius 3 is 3.00 bits per heavy atom. The van der Waals surface area contributed by atoms with Crippen LogP contribution in [0.25, 0.3) is 0 Å². The molecule has 0 amide bonds. The fraction of sp³-hybridized carbons (Fsp3) is 0.400. The normalized spacial score (nSPS) is 15.6.